The first-order valence-corrected chi connectivity index (χ1v) is 20.5. The van der Waals surface area contributed by atoms with Crippen molar-refractivity contribution in [3.8, 4) is 27.9 Å². The monoisotopic (exact) mass is 758 g/mol. The molecule has 0 radical (unpaired) electrons. The van der Waals surface area contributed by atoms with Crippen LogP contribution < -0.4 is 4.90 Å². The minimum atomic E-state index is 0.894. The number of aromatic nitrogens is 1. The van der Waals surface area contributed by atoms with Crippen molar-refractivity contribution in [2.75, 3.05) is 4.90 Å². The molecule has 0 unspecified atom stereocenters. The molecule has 3 aromatic heterocycles. The number of thiophene rings is 1. The summed E-state index contributed by atoms with van der Waals surface area (Å²) in [6.07, 6.45) is 0. The van der Waals surface area contributed by atoms with E-state index in [9.17, 15) is 0 Å². The normalized spacial score (nSPS) is 11.8. The van der Waals surface area contributed by atoms with Crippen LogP contribution in [0.5, 0.6) is 0 Å². The zero-order valence-electron chi connectivity index (χ0n) is 31.3. The van der Waals surface area contributed by atoms with Crippen molar-refractivity contribution in [3.63, 3.8) is 0 Å². The SMILES string of the molecule is c1ccc(-c2cccc3c2oc2ccc(-c4ccc(N(c5ccc6sc7ccccc7c6c5)c5ccc6c(c5)c5ccccc5n6-c5ccccc5)cc4)cc23)cc1. The molecule has 58 heavy (non-hydrogen) atoms. The number of nitrogens with zero attached hydrogens (tertiary/aromatic N) is 2. The van der Waals surface area contributed by atoms with Crippen molar-refractivity contribution in [2.45, 2.75) is 0 Å². The standard InChI is InChI=1S/C54H34N2OS/c1-3-12-36(13-4-1)42-18-11-19-45-47-32-37(24-30-51(47)57-54(42)45)35-22-25-39(26-23-35)55(41-28-31-53-48(34-41)44-17-8-10-21-52(44)58-53)40-27-29-50-46(33-40)43-16-7-9-20-49(43)56(50)38-14-5-2-6-15-38/h1-34H. The van der Waals surface area contributed by atoms with Crippen LogP contribution in [0.1, 0.15) is 0 Å². The van der Waals surface area contributed by atoms with E-state index in [4.69, 9.17) is 4.42 Å². The Morgan fingerprint density at radius 1 is 0.379 bits per heavy atom. The summed E-state index contributed by atoms with van der Waals surface area (Å²) in [5.74, 6) is 0. The van der Waals surface area contributed by atoms with Gasteiger partial charge in [0.1, 0.15) is 11.2 Å². The average molecular weight is 759 g/mol. The topological polar surface area (TPSA) is 21.3 Å². The number of furan rings is 1. The second-order valence-electron chi connectivity index (χ2n) is 14.9. The van der Waals surface area contributed by atoms with E-state index in [1.807, 2.05) is 17.4 Å². The zero-order valence-corrected chi connectivity index (χ0v) is 32.2. The molecule has 3 nitrogen and oxygen atoms in total. The van der Waals surface area contributed by atoms with Crippen LogP contribution in [-0.2, 0) is 0 Å². The Hall–Kier alpha value is -7.40. The molecule has 0 aliphatic rings. The summed E-state index contributed by atoms with van der Waals surface area (Å²) < 4.78 is 11.5. The second kappa shape index (κ2) is 13.1. The minimum Gasteiger partial charge on any atom is -0.455 e. The van der Waals surface area contributed by atoms with E-state index in [1.165, 1.54) is 42.0 Å². The summed E-state index contributed by atoms with van der Waals surface area (Å²) in [6, 6.07) is 74.4. The number of hydrogen-bond acceptors (Lipinski definition) is 3. The van der Waals surface area contributed by atoms with Crippen molar-refractivity contribution in [1.29, 1.82) is 0 Å². The summed E-state index contributed by atoms with van der Waals surface area (Å²) in [7, 11) is 0. The van der Waals surface area contributed by atoms with Crippen LogP contribution >= 0.6 is 11.3 Å². The molecule has 12 aromatic rings. The first-order valence-electron chi connectivity index (χ1n) is 19.7. The maximum atomic E-state index is 6.51. The average Bonchev–Trinajstić information content (AvgIpc) is 3.96. The Labute approximate surface area is 338 Å². The summed E-state index contributed by atoms with van der Waals surface area (Å²) in [6.45, 7) is 0. The van der Waals surface area contributed by atoms with Crippen molar-refractivity contribution in [1.82, 2.24) is 4.57 Å². The van der Waals surface area contributed by atoms with Crippen LogP contribution in [-0.4, -0.2) is 4.57 Å². The molecule has 0 atom stereocenters. The van der Waals surface area contributed by atoms with Crippen LogP contribution in [0.25, 0.3) is 91.9 Å². The number of benzene rings is 9. The van der Waals surface area contributed by atoms with Gasteiger partial charge >= 0.3 is 0 Å². The fourth-order valence-electron chi connectivity index (χ4n) is 8.88. The van der Waals surface area contributed by atoms with Crippen LogP contribution in [0, 0.1) is 0 Å². The highest BCUT2D eigenvalue weighted by Gasteiger charge is 2.19. The van der Waals surface area contributed by atoms with Gasteiger partial charge in [-0.05, 0) is 102 Å². The third-order valence-electron chi connectivity index (χ3n) is 11.6. The summed E-state index contributed by atoms with van der Waals surface area (Å²) in [5, 5.41) is 7.26. The van der Waals surface area contributed by atoms with Gasteiger partial charge in [0.15, 0.2) is 0 Å². The molecule has 0 aliphatic carbocycles. The fourth-order valence-corrected chi connectivity index (χ4v) is 9.97. The van der Waals surface area contributed by atoms with Gasteiger partial charge in [-0.1, -0.05) is 121 Å². The number of fused-ring (bicyclic) bond motifs is 9. The van der Waals surface area contributed by atoms with E-state index in [2.05, 4.69) is 210 Å². The maximum absolute atomic E-state index is 6.51. The van der Waals surface area contributed by atoms with E-state index in [0.717, 1.165) is 66.9 Å². The largest absolute Gasteiger partial charge is 0.455 e. The molecule has 272 valence electrons. The summed E-state index contributed by atoms with van der Waals surface area (Å²) in [5.41, 5.74) is 13.2. The molecule has 3 heterocycles. The smallest absolute Gasteiger partial charge is 0.143 e. The molecule has 0 aliphatic heterocycles. The van der Waals surface area contributed by atoms with Gasteiger partial charge in [-0.15, -0.1) is 11.3 Å². The highest BCUT2D eigenvalue weighted by Crippen LogP contribution is 2.44. The van der Waals surface area contributed by atoms with E-state index in [-0.39, 0.29) is 0 Å². The third kappa shape index (κ3) is 5.19. The molecule has 0 saturated carbocycles. The summed E-state index contributed by atoms with van der Waals surface area (Å²) in [4.78, 5) is 2.40. The number of rotatable bonds is 6. The molecule has 0 fully saturated rings. The van der Waals surface area contributed by atoms with Gasteiger partial charge in [0.2, 0.25) is 0 Å². The zero-order chi connectivity index (χ0) is 38.2. The molecule has 0 spiro atoms. The van der Waals surface area contributed by atoms with Gasteiger partial charge < -0.3 is 13.9 Å². The predicted molar refractivity (Wildman–Crippen MR) is 247 cm³/mol. The Kier molecular flexibility index (Phi) is 7.40. The van der Waals surface area contributed by atoms with Crippen LogP contribution in [0.15, 0.2) is 211 Å². The van der Waals surface area contributed by atoms with Gasteiger partial charge in [0.05, 0.1) is 11.0 Å². The van der Waals surface area contributed by atoms with Gasteiger partial charge in [-0.3, -0.25) is 0 Å². The molecule has 0 amide bonds. The van der Waals surface area contributed by atoms with Crippen molar-refractivity contribution in [3.05, 3.63) is 206 Å². The molecule has 9 aromatic carbocycles. The minimum absolute atomic E-state index is 0.894. The molecule has 0 N–H and O–H groups in total. The lowest BCUT2D eigenvalue weighted by molar-refractivity contribution is 0.670. The lowest BCUT2D eigenvalue weighted by Crippen LogP contribution is -2.09. The highest BCUT2D eigenvalue weighted by molar-refractivity contribution is 7.25. The lowest BCUT2D eigenvalue weighted by atomic mass is 10.00. The Bertz CT molecular complexity index is 3500. The van der Waals surface area contributed by atoms with E-state index < -0.39 is 0 Å². The fraction of sp³-hybridized carbons (Fsp3) is 0. The van der Waals surface area contributed by atoms with Gasteiger partial charge in [0, 0.05) is 70.0 Å². The van der Waals surface area contributed by atoms with E-state index in [0.29, 0.717) is 0 Å². The van der Waals surface area contributed by atoms with Crippen molar-refractivity contribution in [2.24, 2.45) is 0 Å². The third-order valence-corrected chi connectivity index (χ3v) is 12.7. The van der Waals surface area contributed by atoms with Crippen LogP contribution in [0.2, 0.25) is 0 Å². The molecular formula is C54H34N2OS. The molecule has 0 saturated heterocycles. The maximum Gasteiger partial charge on any atom is 0.143 e. The predicted octanol–water partition coefficient (Wildman–Crippen LogP) is 15.9. The van der Waals surface area contributed by atoms with Crippen LogP contribution in [0.4, 0.5) is 17.1 Å². The number of para-hydroxylation sites is 3. The van der Waals surface area contributed by atoms with Gasteiger partial charge in [-0.25, -0.2) is 0 Å². The van der Waals surface area contributed by atoms with Gasteiger partial charge in [0.25, 0.3) is 0 Å². The molecule has 12 rings (SSSR count). The molecule has 4 heteroatoms. The number of anilines is 3. The first kappa shape index (κ1) is 32.8. The van der Waals surface area contributed by atoms with Gasteiger partial charge in [-0.2, -0.15) is 0 Å². The van der Waals surface area contributed by atoms with Crippen molar-refractivity contribution >= 4 is 92.3 Å². The van der Waals surface area contributed by atoms with Crippen LogP contribution in [0.3, 0.4) is 0 Å². The lowest BCUT2D eigenvalue weighted by Gasteiger charge is -2.26. The first-order chi connectivity index (χ1) is 28.7. The molecular weight excluding hydrogens is 725 g/mol. The Morgan fingerprint density at radius 3 is 1.86 bits per heavy atom. The van der Waals surface area contributed by atoms with Crippen molar-refractivity contribution < 1.29 is 4.42 Å². The quantitative estimate of drug-likeness (QED) is 0.168. The second-order valence-corrected chi connectivity index (χ2v) is 16.0. The van der Waals surface area contributed by atoms with E-state index >= 15 is 0 Å². The molecule has 0 bridgehead atoms. The Balaban J connectivity index is 1.00. The van der Waals surface area contributed by atoms with E-state index in [1.54, 1.807) is 0 Å². The Morgan fingerprint density at radius 2 is 1.02 bits per heavy atom. The summed E-state index contributed by atoms with van der Waals surface area (Å²) >= 11 is 1.85. The number of hydrogen-bond donors (Lipinski definition) is 0. The highest BCUT2D eigenvalue weighted by atomic mass is 32.1.